The van der Waals surface area contributed by atoms with Gasteiger partial charge in [0.15, 0.2) is 0 Å². The summed E-state index contributed by atoms with van der Waals surface area (Å²) >= 11 is 0. The minimum Gasteiger partial charge on any atom is -0.871 e. The van der Waals surface area contributed by atoms with Crippen LogP contribution in [0.1, 0.15) is 0 Å². The molecule has 0 aliphatic carbocycles. The molecular weight excluding hydrogens is 244 g/mol. The van der Waals surface area contributed by atoms with Gasteiger partial charge in [-0.2, -0.15) is 0 Å². The molecule has 18 heavy (non-hydrogen) atoms. The van der Waals surface area contributed by atoms with E-state index in [1.54, 1.807) is 0 Å². The van der Waals surface area contributed by atoms with Crippen molar-refractivity contribution in [2.24, 2.45) is 0 Å². The Bertz CT molecular complexity index is 537. The van der Waals surface area contributed by atoms with E-state index in [1.165, 1.54) is 0 Å². The summed E-state index contributed by atoms with van der Waals surface area (Å²) < 4.78 is 0. The highest BCUT2D eigenvalue weighted by atomic mass is 16.6. The number of amides is 1. The maximum absolute atomic E-state index is 11.3. The van der Waals surface area contributed by atoms with Crippen LogP contribution in [0.15, 0.2) is 30.4 Å². The highest BCUT2D eigenvalue weighted by Gasteiger charge is 2.07. The number of carbonyl (C=O) groups excluding carboxylic acids is 2. The summed E-state index contributed by atoms with van der Waals surface area (Å²) in [5.41, 5.74) is -0.675. The van der Waals surface area contributed by atoms with Gasteiger partial charge in [-0.25, -0.2) is 0 Å². The summed E-state index contributed by atoms with van der Waals surface area (Å²) in [5.74, 6) is -3.11. The average molecular weight is 250 g/mol. The van der Waals surface area contributed by atoms with E-state index in [0.29, 0.717) is 12.2 Å². The number of nitro benzene ring substituents is 1. The maximum Gasteiger partial charge on any atom is 0.271 e. The number of hydrogen-bond acceptors (Lipinski definition) is 6. The van der Waals surface area contributed by atoms with Crippen molar-refractivity contribution in [3.8, 4) is 5.75 Å². The molecule has 0 saturated carbocycles. The number of rotatable bonds is 4. The van der Waals surface area contributed by atoms with E-state index in [0.717, 1.165) is 18.2 Å². The molecule has 1 rings (SSSR count). The van der Waals surface area contributed by atoms with Crippen molar-refractivity contribution >= 4 is 23.3 Å². The molecule has 0 unspecified atom stereocenters. The van der Waals surface area contributed by atoms with Crippen molar-refractivity contribution in [3.05, 3.63) is 40.5 Å². The molecule has 0 radical (unpaired) electrons. The van der Waals surface area contributed by atoms with E-state index in [-0.39, 0.29) is 11.4 Å². The van der Waals surface area contributed by atoms with Gasteiger partial charge in [0, 0.05) is 23.9 Å². The number of benzene rings is 1. The molecule has 1 aromatic rings. The van der Waals surface area contributed by atoms with Gasteiger partial charge in [0.2, 0.25) is 5.91 Å². The van der Waals surface area contributed by atoms with Gasteiger partial charge < -0.3 is 20.3 Å². The van der Waals surface area contributed by atoms with Crippen LogP contribution in [0.2, 0.25) is 0 Å². The fourth-order valence-electron chi connectivity index (χ4n) is 1.05. The third kappa shape index (κ3) is 3.59. The zero-order valence-electron chi connectivity index (χ0n) is 8.78. The average Bonchev–Trinajstić information content (AvgIpc) is 2.29. The number of nitrogens with one attached hydrogen (secondary N) is 1. The molecule has 0 spiro atoms. The van der Waals surface area contributed by atoms with Crippen LogP contribution >= 0.6 is 0 Å². The Hall–Kier alpha value is -2.90. The van der Waals surface area contributed by atoms with E-state index >= 15 is 0 Å². The van der Waals surface area contributed by atoms with E-state index in [4.69, 9.17) is 0 Å². The van der Waals surface area contributed by atoms with Gasteiger partial charge in [0.25, 0.3) is 5.69 Å². The Morgan fingerprint density at radius 2 is 1.94 bits per heavy atom. The number of carbonyl (C=O) groups is 2. The lowest BCUT2D eigenvalue weighted by Crippen LogP contribution is -2.20. The number of carboxylic acid groups (broad SMARTS) is 1. The molecule has 0 aliphatic rings. The largest absolute Gasteiger partial charge is 0.871 e. The van der Waals surface area contributed by atoms with E-state index in [2.05, 4.69) is 0 Å². The maximum atomic E-state index is 11.3. The highest BCUT2D eigenvalue weighted by molar-refractivity contribution is 6.02. The first-order valence-corrected chi connectivity index (χ1v) is 4.55. The van der Waals surface area contributed by atoms with Crippen molar-refractivity contribution in [3.63, 3.8) is 0 Å². The Labute approximate surface area is 100 Å². The predicted octanol–water partition coefficient (Wildman–Crippen LogP) is -1.09. The van der Waals surface area contributed by atoms with Gasteiger partial charge in [-0.15, -0.1) is 0 Å². The number of carboxylic acids is 1. The first kappa shape index (κ1) is 13.2. The van der Waals surface area contributed by atoms with E-state index < -0.39 is 22.5 Å². The second-order valence-corrected chi connectivity index (χ2v) is 3.08. The summed E-state index contributed by atoms with van der Waals surface area (Å²) in [6.45, 7) is 0. The van der Waals surface area contributed by atoms with Gasteiger partial charge in [-0.1, -0.05) is 11.8 Å². The van der Waals surface area contributed by atoms with Crippen molar-refractivity contribution < 1.29 is 24.7 Å². The zero-order chi connectivity index (χ0) is 13.7. The van der Waals surface area contributed by atoms with Gasteiger partial charge >= 0.3 is 0 Å². The normalized spacial score (nSPS) is 10.2. The van der Waals surface area contributed by atoms with Crippen molar-refractivity contribution in [1.82, 2.24) is 0 Å². The Morgan fingerprint density at radius 3 is 2.50 bits per heavy atom. The summed E-state index contributed by atoms with van der Waals surface area (Å²) in [5, 5.41) is 33.8. The molecule has 0 bridgehead atoms. The second-order valence-electron chi connectivity index (χ2n) is 3.08. The molecule has 0 saturated heterocycles. The van der Waals surface area contributed by atoms with Crippen LogP contribution in [-0.4, -0.2) is 16.8 Å². The van der Waals surface area contributed by atoms with Gasteiger partial charge in [0.1, 0.15) is 0 Å². The number of hydrogen-bond donors (Lipinski definition) is 1. The first-order chi connectivity index (χ1) is 8.40. The minimum absolute atomic E-state index is 0.308. The topological polar surface area (TPSA) is 135 Å². The van der Waals surface area contributed by atoms with Crippen LogP contribution in [0.25, 0.3) is 0 Å². The number of non-ortho nitro benzene ring substituents is 1. The monoisotopic (exact) mass is 250 g/mol. The third-order valence-electron chi connectivity index (χ3n) is 1.80. The summed E-state index contributed by atoms with van der Waals surface area (Å²) in [6, 6.07) is 2.80. The number of nitro groups is 1. The SMILES string of the molecule is O=C([O-])/C=C/C(=O)Nc1cc([N+](=O)[O-])ccc1[O-]. The number of anilines is 1. The molecule has 1 N–H and O–H groups in total. The third-order valence-corrected chi connectivity index (χ3v) is 1.80. The van der Waals surface area contributed by atoms with Crippen molar-refractivity contribution in [2.75, 3.05) is 5.32 Å². The Balaban J connectivity index is 2.90. The summed E-state index contributed by atoms with van der Waals surface area (Å²) in [4.78, 5) is 30.9. The van der Waals surface area contributed by atoms with Gasteiger partial charge in [-0.05, 0) is 6.08 Å². The van der Waals surface area contributed by atoms with Crippen LogP contribution in [-0.2, 0) is 9.59 Å². The van der Waals surface area contributed by atoms with E-state index in [1.807, 2.05) is 5.32 Å². The summed E-state index contributed by atoms with van der Waals surface area (Å²) in [7, 11) is 0. The molecule has 0 heterocycles. The molecule has 0 aliphatic heterocycles. The molecule has 8 nitrogen and oxygen atoms in total. The fourth-order valence-corrected chi connectivity index (χ4v) is 1.05. The highest BCUT2D eigenvalue weighted by Crippen LogP contribution is 2.25. The number of aliphatic carboxylic acids is 1. The molecule has 1 amide bonds. The van der Waals surface area contributed by atoms with Crippen LogP contribution in [0.3, 0.4) is 0 Å². The van der Waals surface area contributed by atoms with Crippen molar-refractivity contribution in [1.29, 1.82) is 0 Å². The lowest BCUT2D eigenvalue weighted by atomic mass is 10.2. The number of nitrogens with zero attached hydrogens (tertiary/aromatic N) is 1. The Kier molecular flexibility index (Phi) is 3.98. The van der Waals surface area contributed by atoms with Crippen LogP contribution in [0.5, 0.6) is 5.75 Å². The molecule has 94 valence electrons. The van der Waals surface area contributed by atoms with Gasteiger partial charge in [0.05, 0.1) is 10.9 Å². The lowest BCUT2D eigenvalue weighted by molar-refractivity contribution is -0.385. The lowest BCUT2D eigenvalue weighted by Gasteiger charge is -2.12. The molecule has 8 heteroatoms. The predicted molar refractivity (Wildman–Crippen MR) is 55.3 cm³/mol. The van der Waals surface area contributed by atoms with E-state index in [9.17, 15) is 29.9 Å². The summed E-state index contributed by atoms with van der Waals surface area (Å²) in [6.07, 6.45) is 1.10. The fraction of sp³-hybridized carbons (Fsp3) is 0. The van der Waals surface area contributed by atoms with Crippen LogP contribution in [0.4, 0.5) is 11.4 Å². The molecule has 1 aromatic carbocycles. The van der Waals surface area contributed by atoms with Crippen molar-refractivity contribution in [2.45, 2.75) is 0 Å². The van der Waals surface area contributed by atoms with Crippen LogP contribution < -0.4 is 15.5 Å². The second kappa shape index (κ2) is 5.43. The van der Waals surface area contributed by atoms with Crippen LogP contribution in [0, 0.1) is 10.1 Å². The first-order valence-electron chi connectivity index (χ1n) is 4.55. The molecule has 0 fully saturated rings. The molecule has 0 atom stereocenters. The standard InChI is InChI=1S/C10H8N2O6/c13-8-2-1-6(12(17)18)5-7(8)11-9(14)3-4-10(15)16/h1-5,13H,(H,11,14)(H,15,16)/p-2/b4-3+. The zero-order valence-corrected chi connectivity index (χ0v) is 8.78. The molecular formula is C10H6N2O6-2. The quantitative estimate of drug-likeness (QED) is 0.409. The van der Waals surface area contributed by atoms with Gasteiger partial charge in [-0.3, -0.25) is 14.9 Å². The smallest absolute Gasteiger partial charge is 0.271 e. The minimum atomic E-state index is -1.58. The Morgan fingerprint density at radius 1 is 1.28 bits per heavy atom. The molecule has 0 aromatic heterocycles.